The van der Waals surface area contributed by atoms with E-state index in [0.29, 0.717) is 32.4 Å². The van der Waals surface area contributed by atoms with Gasteiger partial charge in [0.2, 0.25) is 0 Å². The molecular formula is C7H18NO6SSi-. The molecule has 0 radical (unpaired) electrons. The largest absolute Gasteiger partial charge is 0.748 e. The van der Waals surface area contributed by atoms with Crippen LogP contribution in [0.5, 0.6) is 0 Å². The molecule has 9 heteroatoms. The molecule has 0 saturated heterocycles. The minimum absolute atomic E-state index is 0.0189. The summed E-state index contributed by atoms with van der Waals surface area (Å²) >= 11 is 0. The van der Waals surface area contributed by atoms with Gasteiger partial charge < -0.3 is 24.3 Å². The molecule has 0 aromatic rings. The Morgan fingerprint density at radius 3 is 2.12 bits per heavy atom. The van der Waals surface area contributed by atoms with E-state index < -0.39 is 18.9 Å². The van der Waals surface area contributed by atoms with Crippen molar-refractivity contribution >= 4 is 18.9 Å². The highest BCUT2D eigenvalue weighted by Gasteiger charge is 2.25. The average molecular weight is 272 g/mol. The maximum atomic E-state index is 10.2. The number of nitrogens with one attached hydrogen (secondary N) is 1. The summed E-state index contributed by atoms with van der Waals surface area (Å²) in [5, 5.41) is 2.94. The van der Waals surface area contributed by atoms with Crippen molar-refractivity contribution in [1.29, 1.82) is 0 Å². The lowest BCUT2D eigenvalue weighted by atomic mass is 10.3. The standard InChI is InChI=1S/C7H19NO6SSi/c9-15(10,11)6-2-1-4-8-5-3-7-16(12,13)14/h8,12-14H,1-7H2,(H,9,10,11)/p-1. The van der Waals surface area contributed by atoms with Crippen LogP contribution in [0.25, 0.3) is 0 Å². The van der Waals surface area contributed by atoms with Gasteiger partial charge in [-0.15, -0.1) is 0 Å². The number of unbranched alkanes of at least 4 members (excludes halogenated alkanes) is 1. The molecule has 16 heavy (non-hydrogen) atoms. The second-order valence-corrected chi connectivity index (χ2v) is 7.17. The minimum atomic E-state index is -4.11. The first-order valence-electron chi connectivity index (χ1n) is 5.02. The van der Waals surface area contributed by atoms with E-state index in [1.54, 1.807) is 0 Å². The molecule has 0 atom stereocenters. The maximum Gasteiger partial charge on any atom is 0.492 e. The zero-order chi connectivity index (χ0) is 12.7. The number of hydrogen-bond acceptors (Lipinski definition) is 7. The topological polar surface area (TPSA) is 130 Å². The number of rotatable bonds is 9. The van der Waals surface area contributed by atoms with Gasteiger partial charge in [-0.2, -0.15) is 0 Å². The van der Waals surface area contributed by atoms with Gasteiger partial charge in [0.25, 0.3) is 0 Å². The highest BCUT2D eigenvalue weighted by molar-refractivity contribution is 7.85. The van der Waals surface area contributed by atoms with E-state index in [-0.39, 0.29) is 11.8 Å². The van der Waals surface area contributed by atoms with Crippen LogP contribution in [0.2, 0.25) is 6.04 Å². The molecule has 0 rings (SSSR count). The molecule has 0 unspecified atom stereocenters. The summed E-state index contributed by atoms with van der Waals surface area (Å²) in [6.45, 7) is 1.08. The van der Waals surface area contributed by atoms with Crippen molar-refractivity contribution in [2.24, 2.45) is 0 Å². The Morgan fingerprint density at radius 2 is 1.62 bits per heavy atom. The van der Waals surface area contributed by atoms with Crippen LogP contribution in [0.1, 0.15) is 19.3 Å². The van der Waals surface area contributed by atoms with Gasteiger partial charge in [-0.05, 0) is 32.4 Å². The Bertz CT molecular complexity index is 275. The lowest BCUT2D eigenvalue weighted by molar-refractivity contribution is 0.226. The van der Waals surface area contributed by atoms with Crippen LogP contribution >= 0.6 is 0 Å². The Hall–Kier alpha value is -0.0331. The van der Waals surface area contributed by atoms with Gasteiger partial charge in [-0.3, -0.25) is 0 Å². The first-order chi connectivity index (χ1) is 7.21. The van der Waals surface area contributed by atoms with Crippen molar-refractivity contribution < 1.29 is 27.4 Å². The summed E-state index contributed by atoms with van der Waals surface area (Å²) in [5.41, 5.74) is 0. The van der Waals surface area contributed by atoms with Crippen LogP contribution in [0.15, 0.2) is 0 Å². The first kappa shape index (κ1) is 16.0. The van der Waals surface area contributed by atoms with Crippen LogP contribution in [0.4, 0.5) is 0 Å². The molecule has 4 N–H and O–H groups in total. The Kier molecular flexibility index (Phi) is 7.31. The van der Waals surface area contributed by atoms with Crippen LogP contribution in [0.3, 0.4) is 0 Å². The predicted molar refractivity (Wildman–Crippen MR) is 58.5 cm³/mol. The van der Waals surface area contributed by atoms with Crippen LogP contribution in [0, 0.1) is 0 Å². The highest BCUT2D eigenvalue weighted by Crippen LogP contribution is 1.99. The summed E-state index contributed by atoms with van der Waals surface area (Å²) in [6, 6.07) is -0.0189. The van der Waals surface area contributed by atoms with Crippen LogP contribution < -0.4 is 5.32 Å². The lowest BCUT2D eigenvalue weighted by Crippen LogP contribution is -2.35. The molecule has 0 fully saturated rings. The Balaban J connectivity index is 3.23. The monoisotopic (exact) mass is 272 g/mol. The maximum absolute atomic E-state index is 10.2. The third kappa shape index (κ3) is 14.0. The SMILES string of the molecule is O=S(=O)([O-])CCCCNCCC[Si](O)(O)O. The summed E-state index contributed by atoms with van der Waals surface area (Å²) < 4.78 is 30.7. The van der Waals surface area contributed by atoms with E-state index in [1.807, 2.05) is 0 Å². The van der Waals surface area contributed by atoms with Crippen LogP contribution in [-0.4, -0.2) is 55.0 Å². The van der Waals surface area contributed by atoms with Crippen molar-refractivity contribution in [2.45, 2.75) is 25.3 Å². The predicted octanol–water partition coefficient (Wildman–Crippen LogP) is -1.79. The number of hydrogen-bond donors (Lipinski definition) is 4. The lowest BCUT2D eigenvalue weighted by Gasteiger charge is -2.09. The molecule has 0 aromatic carbocycles. The molecule has 0 bridgehead atoms. The van der Waals surface area contributed by atoms with Crippen molar-refractivity contribution in [3.8, 4) is 0 Å². The van der Waals surface area contributed by atoms with Crippen molar-refractivity contribution in [3.05, 3.63) is 0 Å². The molecule has 0 aliphatic heterocycles. The van der Waals surface area contributed by atoms with Gasteiger partial charge in [0, 0.05) is 11.8 Å². The van der Waals surface area contributed by atoms with Crippen molar-refractivity contribution in [1.82, 2.24) is 5.32 Å². The zero-order valence-electron chi connectivity index (χ0n) is 8.92. The van der Waals surface area contributed by atoms with Crippen LogP contribution in [-0.2, 0) is 10.1 Å². The first-order valence-corrected chi connectivity index (χ1v) is 8.65. The van der Waals surface area contributed by atoms with Gasteiger partial charge in [0.05, 0.1) is 10.1 Å². The Morgan fingerprint density at radius 1 is 1.06 bits per heavy atom. The van der Waals surface area contributed by atoms with E-state index in [0.717, 1.165) is 0 Å². The second kappa shape index (κ2) is 7.32. The van der Waals surface area contributed by atoms with E-state index >= 15 is 0 Å². The molecule has 0 spiro atoms. The normalized spacial score (nSPS) is 13.0. The van der Waals surface area contributed by atoms with E-state index in [2.05, 4.69) is 5.32 Å². The molecule has 7 nitrogen and oxygen atoms in total. The fourth-order valence-electron chi connectivity index (χ4n) is 1.10. The quantitative estimate of drug-likeness (QED) is 0.221. The van der Waals surface area contributed by atoms with Gasteiger partial charge in [-0.1, -0.05) is 0 Å². The van der Waals surface area contributed by atoms with Gasteiger partial charge >= 0.3 is 8.80 Å². The Labute approximate surface area is 96.2 Å². The average Bonchev–Trinajstić information content (AvgIpc) is 2.06. The summed E-state index contributed by atoms with van der Waals surface area (Å²) in [5.74, 6) is -0.353. The van der Waals surface area contributed by atoms with E-state index in [1.165, 1.54) is 0 Å². The van der Waals surface area contributed by atoms with E-state index in [9.17, 15) is 13.0 Å². The molecule has 0 aliphatic rings. The molecule has 0 amide bonds. The molecule has 0 heterocycles. The van der Waals surface area contributed by atoms with Gasteiger partial charge in [-0.25, -0.2) is 8.42 Å². The zero-order valence-corrected chi connectivity index (χ0v) is 10.7. The molecule has 0 saturated carbocycles. The van der Waals surface area contributed by atoms with Crippen molar-refractivity contribution in [2.75, 3.05) is 18.8 Å². The third-order valence-electron chi connectivity index (χ3n) is 1.86. The molecule has 0 aromatic heterocycles. The smallest absolute Gasteiger partial charge is 0.492 e. The summed E-state index contributed by atoms with van der Waals surface area (Å²) in [4.78, 5) is 26.0. The van der Waals surface area contributed by atoms with Gasteiger partial charge in [0.1, 0.15) is 0 Å². The molecule has 0 aliphatic carbocycles. The second-order valence-electron chi connectivity index (χ2n) is 3.60. The molecule has 98 valence electrons. The fourth-order valence-corrected chi connectivity index (χ4v) is 2.31. The molecular weight excluding hydrogens is 254 g/mol. The summed E-state index contributed by atoms with van der Waals surface area (Å²) in [6.07, 6.45) is 1.33. The summed E-state index contributed by atoms with van der Waals surface area (Å²) in [7, 11) is -8.03. The third-order valence-corrected chi connectivity index (χ3v) is 3.68. The van der Waals surface area contributed by atoms with Gasteiger partial charge in [0.15, 0.2) is 0 Å². The van der Waals surface area contributed by atoms with Crippen molar-refractivity contribution in [3.63, 3.8) is 0 Å². The fraction of sp³-hybridized carbons (Fsp3) is 1.00. The van der Waals surface area contributed by atoms with E-state index in [4.69, 9.17) is 14.4 Å². The highest BCUT2D eigenvalue weighted by atomic mass is 32.2. The minimum Gasteiger partial charge on any atom is -0.748 e.